The van der Waals surface area contributed by atoms with Crippen LogP contribution in [0.15, 0.2) is 78.9 Å². The zero-order valence-electron chi connectivity index (χ0n) is 14.3. The molecule has 2 nitrogen and oxygen atoms in total. The number of hydrogen-bond donors (Lipinski definition) is 1. The monoisotopic (exact) mass is 335 g/mol. The Kier molecular flexibility index (Phi) is 5.81. The average molecular weight is 335 g/mol. The van der Waals surface area contributed by atoms with Crippen molar-refractivity contribution >= 4 is 0 Å². The van der Waals surface area contributed by atoms with Gasteiger partial charge in [-0.3, -0.25) is 0 Å². The first-order chi connectivity index (χ1) is 12.2. The summed E-state index contributed by atoms with van der Waals surface area (Å²) in [5, 5.41) is 3.45. The van der Waals surface area contributed by atoms with Crippen LogP contribution in [0, 0.1) is 5.82 Å². The van der Waals surface area contributed by atoms with E-state index < -0.39 is 0 Å². The van der Waals surface area contributed by atoms with Gasteiger partial charge in [0.05, 0.1) is 0 Å². The second-order valence-corrected chi connectivity index (χ2v) is 6.07. The molecule has 3 heteroatoms. The van der Waals surface area contributed by atoms with Crippen LogP contribution in [0.3, 0.4) is 0 Å². The minimum Gasteiger partial charge on any atom is -0.489 e. The van der Waals surface area contributed by atoms with Gasteiger partial charge < -0.3 is 10.1 Å². The predicted molar refractivity (Wildman–Crippen MR) is 98.9 cm³/mol. The third kappa shape index (κ3) is 5.16. The number of halogens is 1. The van der Waals surface area contributed by atoms with E-state index in [2.05, 4.69) is 36.5 Å². The van der Waals surface area contributed by atoms with Crippen molar-refractivity contribution in [2.75, 3.05) is 0 Å². The standard InChI is InChI=1S/C22H22FNO/c1-17(20-9-11-21(23)12-10-20)24-15-18-7-13-22(14-8-18)25-16-19-5-3-2-4-6-19/h2-14,17,24H,15-16H2,1H3. The summed E-state index contributed by atoms with van der Waals surface area (Å²) in [6, 6.07) is 25.0. The molecule has 1 N–H and O–H groups in total. The molecule has 0 aliphatic rings. The highest BCUT2D eigenvalue weighted by Gasteiger charge is 2.05. The third-order valence-electron chi connectivity index (χ3n) is 4.15. The molecule has 3 rings (SSSR count). The Balaban J connectivity index is 1.49. The summed E-state index contributed by atoms with van der Waals surface area (Å²) in [6.45, 7) is 3.39. The van der Waals surface area contributed by atoms with Crippen LogP contribution in [0.25, 0.3) is 0 Å². The smallest absolute Gasteiger partial charge is 0.123 e. The number of hydrogen-bond acceptors (Lipinski definition) is 2. The molecule has 0 aliphatic carbocycles. The Morgan fingerprint density at radius 1 is 0.840 bits per heavy atom. The summed E-state index contributed by atoms with van der Waals surface area (Å²) in [5.41, 5.74) is 3.41. The van der Waals surface area contributed by atoms with E-state index in [4.69, 9.17) is 4.74 Å². The van der Waals surface area contributed by atoms with E-state index in [0.717, 1.165) is 23.4 Å². The maximum Gasteiger partial charge on any atom is 0.123 e. The van der Waals surface area contributed by atoms with Crippen LogP contribution >= 0.6 is 0 Å². The SMILES string of the molecule is CC(NCc1ccc(OCc2ccccc2)cc1)c1ccc(F)cc1. The average Bonchev–Trinajstić information content (AvgIpc) is 2.67. The van der Waals surface area contributed by atoms with Gasteiger partial charge in [0.15, 0.2) is 0 Å². The van der Waals surface area contributed by atoms with Gasteiger partial charge in [-0.25, -0.2) is 4.39 Å². The molecule has 1 atom stereocenters. The van der Waals surface area contributed by atoms with Crippen LogP contribution in [0.2, 0.25) is 0 Å². The number of rotatable bonds is 7. The van der Waals surface area contributed by atoms with Gasteiger partial charge in [-0.2, -0.15) is 0 Å². The Morgan fingerprint density at radius 3 is 2.20 bits per heavy atom. The Bertz CT molecular complexity index is 769. The predicted octanol–water partition coefficient (Wildman–Crippen LogP) is 5.26. The van der Waals surface area contributed by atoms with Crippen molar-refractivity contribution in [1.29, 1.82) is 0 Å². The fourth-order valence-corrected chi connectivity index (χ4v) is 2.58. The molecular weight excluding hydrogens is 313 g/mol. The maximum absolute atomic E-state index is 13.0. The van der Waals surface area contributed by atoms with Gasteiger partial charge in [-0.15, -0.1) is 0 Å². The Hall–Kier alpha value is -2.65. The van der Waals surface area contributed by atoms with Gasteiger partial charge in [-0.1, -0.05) is 54.6 Å². The first kappa shape index (κ1) is 17.2. The molecular formula is C22H22FNO. The highest BCUT2D eigenvalue weighted by molar-refractivity contribution is 5.28. The summed E-state index contributed by atoms with van der Waals surface area (Å²) < 4.78 is 18.8. The molecule has 0 amide bonds. The van der Waals surface area contributed by atoms with Crippen molar-refractivity contribution in [3.05, 3.63) is 101 Å². The topological polar surface area (TPSA) is 21.3 Å². The molecule has 3 aromatic rings. The molecule has 128 valence electrons. The minimum absolute atomic E-state index is 0.162. The van der Waals surface area contributed by atoms with Crippen LogP contribution in [-0.4, -0.2) is 0 Å². The van der Waals surface area contributed by atoms with Crippen LogP contribution in [0.1, 0.15) is 29.7 Å². The van der Waals surface area contributed by atoms with Crippen molar-refractivity contribution in [3.8, 4) is 5.75 Å². The van der Waals surface area contributed by atoms with Crippen molar-refractivity contribution < 1.29 is 9.13 Å². The zero-order chi connectivity index (χ0) is 17.5. The molecule has 3 aromatic carbocycles. The van der Waals surface area contributed by atoms with Crippen molar-refractivity contribution in [3.63, 3.8) is 0 Å². The fourth-order valence-electron chi connectivity index (χ4n) is 2.58. The van der Waals surface area contributed by atoms with Crippen LogP contribution in [0.4, 0.5) is 4.39 Å². The molecule has 0 saturated heterocycles. The quantitative estimate of drug-likeness (QED) is 0.636. The van der Waals surface area contributed by atoms with Gasteiger partial charge in [0.1, 0.15) is 18.2 Å². The molecule has 0 bridgehead atoms. The van der Waals surface area contributed by atoms with E-state index in [0.29, 0.717) is 6.61 Å². The molecule has 0 aliphatic heterocycles. The second-order valence-electron chi connectivity index (χ2n) is 6.07. The lowest BCUT2D eigenvalue weighted by atomic mass is 10.1. The minimum atomic E-state index is -0.206. The van der Waals surface area contributed by atoms with E-state index in [1.807, 2.05) is 42.5 Å². The first-order valence-corrected chi connectivity index (χ1v) is 8.45. The molecule has 0 fully saturated rings. The molecule has 0 radical (unpaired) electrons. The van der Waals surface area contributed by atoms with Crippen LogP contribution < -0.4 is 10.1 Å². The lowest BCUT2D eigenvalue weighted by Crippen LogP contribution is -2.18. The van der Waals surface area contributed by atoms with Crippen molar-refractivity contribution in [1.82, 2.24) is 5.32 Å². The fraction of sp³-hybridized carbons (Fsp3) is 0.182. The Labute approximate surface area is 148 Å². The number of benzene rings is 3. The van der Waals surface area contributed by atoms with E-state index >= 15 is 0 Å². The highest BCUT2D eigenvalue weighted by atomic mass is 19.1. The van der Waals surface area contributed by atoms with Gasteiger partial charge >= 0.3 is 0 Å². The number of ether oxygens (including phenoxy) is 1. The second kappa shape index (κ2) is 8.45. The summed E-state index contributed by atoms with van der Waals surface area (Å²) in [7, 11) is 0. The van der Waals surface area contributed by atoms with Gasteiger partial charge in [0.25, 0.3) is 0 Å². The number of nitrogens with one attached hydrogen (secondary N) is 1. The first-order valence-electron chi connectivity index (χ1n) is 8.45. The van der Waals surface area contributed by atoms with E-state index in [1.54, 1.807) is 0 Å². The summed E-state index contributed by atoms with van der Waals surface area (Å²) in [6.07, 6.45) is 0. The van der Waals surface area contributed by atoms with Gasteiger partial charge in [-0.05, 0) is 47.9 Å². The van der Waals surface area contributed by atoms with Crippen molar-refractivity contribution in [2.45, 2.75) is 26.1 Å². The maximum atomic E-state index is 13.0. The van der Waals surface area contributed by atoms with Crippen LogP contribution in [-0.2, 0) is 13.2 Å². The highest BCUT2D eigenvalue weighted by Crippen LogP contribution is 2.16. The largest absolute Gasteiger partial charge is 0.489 e. The lowest BCUT2D eigenvalue weighted by molar-refractivity contribution is 0.306. The van der Waals surface area contributed by atoms with Gasteiger partial charge in [0, 0.05) is 12.6 Å². The normalized spacial score (nSPS) is 11.9. The summed E-state index contributed by atoms with van der Waals surface area (Å²) >= 11 is 0. The molecule has 0 saturated carbocycles. The van der Waals surface area contributed by atoms with E-state index in [1.165, 1.54) is 17.7 Å². The van der Waals surface area contributed by atoms with E-state index in [9.17, 15) is 4.39 Å². The Morgan fingerprint density at radius 2 is 1.52 bits per heavy atom. The van der Waals surface area contributed by atoms with E-state index in [-0.39, 0.29) is 11.9 Å². The van der Waals surface area contributed by atoms with Crippen LogP contribution in [0.5, 0.6) is 5.75 Å². The third-order valence-corrected chi connectivity index (χ3v) is 4.15. The van der Waals surface area contributed by atoms with Crippen molar-refractivity contribution in [2.24, 2.45) is 0 Å². The molecule has 0 spiro atoms. The molecule has 0 aromatic heterocycles. The molecule has 0 heterocycles. The zero-order valence-corrected chi connectivity index (χ0v) is 14.3. The summed E-state index contributed by atoms with van der Waals surface area (Å²) in [5.74, 6) is 0.654. The molecule has 1 unspecified atom stereocenters. The van der Waals surface area contributed by atoms with Gasteiger partial charge in [0.2, 0.25) is 0 Å². The molecule has 25 heavy (non-hydrogen) atoms. The lowest BCUT2D eigenvalue weighted by Gasteiger charge is -2.14. The summed E-state index contributed by atoms with van der Waals surface area (Å²) in [4.78, 5) is 0.